The van der Waals surface area contributed by atoms with E-state index < -0.39 is 0 Å². The number of hydrogen-bond donors (Lipinski definition) is 2. The van der Waals surface area contributed by atoms with Gasteiger partial charge in [0.05, 0.1) is 0 Å². The quantitative estimate of drug-likeness (QED) is 0.139. The van der Waals surface area contributed by atoms with E-state index in [9.17, 15) is 0 Å². The lowest BCUT2D eigenvalue weighted by atomic mass is 9.79. The largest absolute Gasteiger partial charge is 0.316 e. The normalized spacial score (nSPS) is 29.3. The summed E-state index contributed by atoms with van der Waals surface area (Å²) in [5, 5.41) is 7.97. The molecule has 4 aliphatic rings. The van der Waals surface area contributed by atoms with Crippen LogP contribution in [0.3, 0.4) is 0 Å². The van der Waals surface area contributed by atoms with Crippen molar-refractivity contribution >= 4 is 16.5 Å². The molecule has 0 heterocycles. The summed E-state index contributed by atoms with van der Waals surface area (Å²) in [7, 11) is 1.47. The SMILES string of the molecule is C1CCCC(PCCNC[C@@H]2CCCCC2CNCCP(C2CCCCCC2)C2CCCCC2)CC1. The van der Waals surface area contributed by atoms with Gasteiger partial charge in [-0.1, -0.05) is 91.4 Å². The lowest BCUT2D eigenvalue weighted by Gasteiger charge is -2.37. The van der Waals surface area contributed by atoms with Gasteiger partial charge in [-0.15, -0.1) is 8.58 Å². The molecule has 0 aromatic heterocycles. The fraction of sp³-hybridized carbons (Fsp3) is 1.00. The first-order chi connectivity index (χ1) is 17.9. The van der Waals surface area contributed by atoms with Gasteiger partial charge in [0.1, 0.15) is 0 Å². The van der Waals surface area contributed by atoms with Gasteiger partial charge in [0.2, 0.25) is 0 Å². The van der Waals surface area contributed by atoms with E-state index in [1.165, 1.54) is 156 Å². The Morgan fingerprint density at radius 3 is 1.50 bits per heavy atom. The van der Waals surface area contributed by atoms with E-state index in [-0.39, 0.29) is 7.92 Å². The summed E-state index contributed by atoms with van der Waals surface area (Å²) in [6.07, 6.45) is 34.9. The average Bonchev–Trinajstić information content (AvgIpc) is 3.35. The molecule has 4 saturated carbocycles. The molecule has 2 N–H and O–H groups in total. The molecule has 0 amide bonds. The van der Waals surface area contributed by atoms with E-state index >= 15 is 0 Å². The van der Waals surface area contributed by atoms with Crippen molar-refractivity contribution in [3.8, 4) is 0 Å². The first-order valence-corrected chi connectivity index (χ1v) is 19.8. The molecule has 3 unspecified atom stereocenters. The van der Waals surface area contributed by atoms with E-state index in [2.05, 4.69) is 10.6 Å². The van der Waals surface area contributed by atoms with Crippen molar-refractivity contribution in [2.75, 3.05) is 38.5 Å². The zero-order chi connectivity index (χ0) is 24.7. The van der Waals surface area contributed by atoms with E-state index in [4.69, 9.17) is 0 Å². The topological polar surface area (TPSA) is 24.1 Å². The maximum Gasteiger partial charge on any atom is -0.000919 e. The van der Waals surface area contributed by atoms with Crippen LogP contribution in [0.2, 0.25) is 0 Å². The van der Waals surface area contributed by atoms with E-state index in [0.29, 0.717) is 0 Å². The standard InChI is InChI=1S/C32H62N2P2/c1-2-7-17-30(16-6-1)35-24-22-33-26-28-14-12-13-15-29(28)27-34-23-25-36(32-20-10-5-11-21-32)31-18-8-3-4-9-19-31/h28-35H,1-27H2/t28-,29?,36?/m0/s1. The lowest BCUT2D eigenvalue weighted by molar-refractivity contribution is 0.226. The maximum atomic E-state index is 4.05. The van der Waals surface area contributed by atoms with Gasteiger partial charge in [-0.25, -0.2) is 0 Å². The van der Waals surface area contributed by atoms with Gasteiger partial charge in [-0.05, 0) is 119 Å². The Kier molecular flexibility index (Phi) is 15.0. The molecule has 0 aromatic carbocycles. The van der Waals surface area contributed by atoms with Crippen molar-refractivity contribution in [2.45, 2.75) is 152 Å². The predicted molar refractivity (Wildman–Crippen MR) is 166 cm³/mol. The Balaban J connectivity index is 1.14. The van der Waals surface area contributed by atoms with Crippen molar-refractivity contribution < 1.29 is 0 Å². The number of rotatable bonds is 13. The van der Waals surface area contributed by atoms with Crippen LogP contribution in [0.5, 0.6) is 0 Å². The molecule has 0 saturated heterocycles. The summed E-state index contributed by atoms with van der Waals surface area (Å²) in [4.78, 5) is 0. The van der Waals surface area contributed by atoms with Gasteiger partial charge >= 0.3 is 0 Å². The molecule has 0 spiro atoms. The van der Waals surface area contributed by atoms with E-state index in [1.54, 1.807) is 25.7 Å². The Labute approximate surface area is 229 Å². The lowest BCUT2D eigenvalue weighted by Crippen LogP contribution is -2.37. The highest BCUT2D eigenvalue weighted by Crippen LogP contribution is 2.55. The van der Waals surface area contributed by atoms with Crippen LogP contribution < -0.4 is 10.6 Å². The average molecular weight is 537 g/mol. The Morgan fingerprint density at radius 2 is 0.944 bits per heavy atom. The molecular weight excluding hydrogens is 474 g/mol. The summed E-state index contributed by atoms with van der Waals surface area (Å²) in [5.41, 5.74) is 3.29. The summed E-state index contributed by atoms with van der Waals surface area (Å²) in [5.74, 6) is 1.85. The molecular formula is C32H62N2P2. The third-order valence-electron chi connectivity index (χ3n) is 10.4. The molecule has 0 bridgehead atoms. The van der Waals surface area contributed by atoms with Gasteiger partial charge in [0, 0.05) is 0 Å². The molecule has 0 radical (unpaired) electrons. The van der Waals surface area contributed by atoms with Gasteiger partial charge < -0.3 is 10.6 Å². The van der Waals surface area contributed by atoms with Crippen LogP contribution in [0, 0.1) is 11.8 Å². The molecule has 0 aliphatic heterocycles. The fourth-order valence-corrected chi connectivity index (χ4v) is 13.5. The highest BCUT2D eigenvalue weighted by molar-refractivity contribution is 7.59. The van der Waals surface area contributed by atoms with Crippen molar-refractivity contribution in [3.05, 3.63) is 0 Å². The third kappa shape index (κ3) is 10.7. The first-order valence-electron chi connectivity index (χ1n) is 16.8. The molecule has 2 nitrogen and oxygen atoms in total. The fourth-order valence-electron chi connectivity index (χ4n) is 8.12. The molecule has 4 heteroatoms. The highest BCUT2D eigenvalue weighted by Gasteiger charge is 2.30. The van der Waals surface area contributed by atoms with Gasteiger partial charge in [0.15, 0.2) is 0 Å². The van der Waals surface area contributed by atoms with Crippen LogP contribution in [-0.2, 0) is 0 Å². The number of nitrogens with one attached hydrogen (secondary N) is 2. The van der Waals surface area contributed by atoms with Crippen LogP contribution in [0.25, 0.3) is 0 Å². The van der Waals surface area contributed by atoms with Crippen LogP contribution in [0.15, 0.2) is 0 Å². The molecule has 210 valence electrons. The van der Waals surface area contributed by atoms with Crippen molar-refractivity contribution in [2.24, 2.45) is 11.8 Å². The third-order valence-corrected chi connectivity index (χ3v) is 15.7. The monoisotopic (exact) mass is 536 g/mol. The van der Waals surface area contributed by atoms with Crippen LogP contribution in [0.1, 0.15) is 135 Å². The van der Waals surface area contributed by atoms with Crippen molar-refractivity contribution in [1.29, 1.82) is 0 Å². The second kappa shape index (κ2) is 18.2. The highest BCUT2D eigenvalue weighted by atomic mass is 31.1. The maximum absolute atomic E-state index is 4.05. The molecule has 4 fully saturated rings. The Morgan fingerprint density at radius 1 is 0.500 bits per heavy atom. The van der Waals surface area contributed by atoms with Crippen molar-refractivity contribution in [3.63, 3.8) is 0 Å². The summed E-state index contributed by atoms with van der Waals surface area (Å²) in [6, 6.07) is 0. The molecule has 4 atom stereocenters. The predicted octanol–water partition coefficient (Wildman–Crippen LogP) is 8.91. The minimum Gasteiger partial charge on any atom is -0.316 e. The van der Waals surface area contributed by atoms with Crippen LogP contribution >= 0.6 is 16.5 Å². The van der Waals surface area contributed by atoms with Crippen LogP contribution in [0.4, 0.5) is 0 Å². The zero-order valence-electron chi connectivity index (χ0n) is 23.9. The van der Waals surface area contributed by atoms with Gasteiger partial charge in [0.25, 0.3) is 0 Å². The Bertz CT molecular complexity index is 536. The molecule has 36 heavy (non-hydrogen) atoms. The van der Waals surface area contributed by atoms with Crippen LogP contribution in [-0.4, -0.2) is 55.5 Å². The summed E-state index contributed by atoms with van der Waals surface area (Å²) < 4.78 is 0. The van der Waals surface area contributed by atoms with E-state index in [1.807, 2.05) is 0 Å². The number of hydrogen-bond acceptors (Lipinski definition) is 2. The molecule has 4 rings (SSSR count). The molecule has 0 aromatic rings. The van der Waals surface area contributed by atoms with Gasteiger partial charge in [-0.3, -0.25) is 0 Å². The zero-order valence-corrected chi connectivity index (χ0v) is 25.8. The minimum absolute atomic E-state index is 0.251. The van der Waals surface area contributed by atoms with Crippen molar-refractivity contribution in [1.82, 2.24) is 10.6 Å². The second-order valence-electron chi connectivity index (χ2n) is 13.0. The smallest absolute Gasteiger partial charge is 0.000919 e. The first kappa shape index (κ1) is 29.8. The second-order valence-corrected chi connectivity index (χ2v) is 17.7. The minimum atomic E-state index is 0.251. The van der Waals surface area contributed by atoms with E-state index in [0.717, 1.165) is 28.8 Å². The summed E-state index contributed by atoms with van der Waals surface area (Å²) in [6.45, 7) is 5.18. The molecule has 4 aliphatic carbocycles. The van der Waals surface area contributed by atoms with Gasteiger partial charge in [-0.2, -0.15) is 0 Å². The Hall–Kier alpha value is 0.780. The summed E-state index contributed by atoms with van der Waals surface area (Å²) >= 11 is 0.